The van der Waals surface area contributed by atoms with E-state index in [1.54, 1.807) is 0 Å². The van der Waals surface area contributed by atoms with E-state index in [-0.39, 0.29) is 11.8 Å². The van der Waals surface area contributed by atoms with E-state index < -0.39 is 0 Å². The average Bonchev–Trinajstić information content (AvgIpc) is 2.86. The molecule has 1 aliphatic carbocycles. The predicted octanol–water partition coefficient (Wildman–Crippen LogP) is 8.87. The molecule has 2 atom stereocenters. The summed E-state index contributed by atoms with van der Waals surface area (Å²) in [5.74, 6) is 0.248. The van der Waals surface area contributed by atoms with E-state index in [1.165, 1.54) is 11.1 Å². The van der Waals surface area contributed by atoms with Crippen molar-refractivity contribution in [3.05, 3.63) is 155 Å². The molecule has 4 aromatic rings. The monoisotopic (exact) mass is 452 g/mol. The van der Waals surface area contributed by atoms with Crippen molar-refractivity contribution in [2.24, 2.45) is 0 Å². The number of rotatable bonds is 4. The fourth-order valence-corrected chi connectivity index (χ4v) is 5.29. The Morgan fingerprint density at radius 1 is 0.406 bits per heavy atom. The third-order valence-electron chi connectivity index (χ3n) is 6.09. The van der Waals surface area contributed by atoms with Gasteiger partial charge in [0.25, 0.3) is 0 Å². The molecule has 1 fully saturated rings. The standard InChI is InChI=1S/C30H22Cl2/c31-29(23-17-9-3-10-18-23)27-25(21-13-5-1-6-14-21)26(22-15-7-2-8-16-22)28(27)30(32)24-19-11-4-12-20-24/h1-20,25-26H/b29-27-,30-28+/t25-,26-/m0/s1. The summed E-state index contributed by atoms with van der Waals surface area (Å²) in [5, 5.41) is 1.52. The molecule has 5 rings (SSSR count). The van der Waals surface area contributed by atoms with Gasteiger partial charge in [-0.15, -0.1) is 0 Å². The summed E-state index contributed by atoms with van der Waals surface area (Å²) in [6.45, 7) is 0. The molecule has 0 amide bonds. The fourth-order valence-electron chi connectivity index (χ4n) is 4.60. The Bertz CT molecular complexity index is 1150. The molecule has 4 aromatic carbocycles. The summed E-state index contributed by atoms with van der Waals surface area (Å²) in [4.78, 5) is 0. The Morgan fingerprint density at radius 3 is 1.00 bits per heavy atom. The van der Waals surface area contributed by atoms with Crippen molar-refractivity contribution < 1.29 is 0 Å². The molecule has 0 bridgehead atoms. The van der Waals surface area contributed by atoms with E-state index in [9.17, 15) is 0 Å². The molecule has 0 aliphatic heterocycles. The zero-order valence-corrected chi connectivity index (χ0v) is 19.0. The van der Waals surface area contributed by atoms with Gasteiger partial charge in [-0.1, -0.05) is 145 Å². The van der Waals surface area contributed by atoms with Gasteiger partial charge >= 0.3 is 0 Å². The summed E-state index contributed by atoms with van der Waals surface area (Å²) in [5.41, 5.74) is 6.70. The summed E-state index contributed by atoms with van der Waals surface area (Å²) in [6, 6.07) is 41.5. The number of hydrogen-bond acceptors (Lipinski definition) is 0. The first-order valence-electron chi connectivity index (χ1n) is 10.8. The van der Waals surface area contributed by atoms with Crippen LogP contribution < -0.4 is 0 Å². The molecule has 0 radical (unpaired) electrons. The van der Waals surface area contributed by atoms with Gasteiger partial charge in [0.1, 0.15) is 0 Å². The first-order chi connectivity index (χ1) is 15.8. The van der Waals surface area contributed by atoms with Crippen LogP contribution in [-0.4, -0.2) is 0 Å². The highest BCUT2D eigenvalue weighted by Crippen LogP contribution is 2.62. The van der Waals surface area contributed by atoms with E-state index in [0.29, 0.717) is 0 Å². The topological polar surface area (TPSA) is 0 Å². The largest absolute Gasteiger partial charge is 0.0833 e. The first-order valence-corrected chi connectivity index (χ1v) is 11.5. The van der Waals surface area contributed by atoms with Gasteiger partial charge in [-0.05, 0) is 33.4 Å². The molecule has 0 unspecified atom stereocenters. The zero-order valence-electron chi connectivity index (χ0n) is 17.5. The second-order valence-electron chi connectivity index (χ2n) is 7.96. The summed E-state index contributed by atoms with van der Waals surface area (Å²) in [7, 11) is 0. The van der Waals surface area contributed by atoms with E-state index in [4.69, 9.17) is 23.2 Å². The second-order valence-corrected chi connectivity index (χ2v) is 8.72. The van der Waals surface area contributed by atoms with E-state index in [2.05, 4.69) is 84.9 Å². The Balaban J connectivity index is 1.78. The van der Waals surface area contributed by atoms with Crippen molar-refractivity contribution in [2.75, 3.05) is 0 Å². The molecule has 0 N–H and O–H groups in total. The Labute approximate surface area is 199 Å². The van der Waals surface area contributed by atoms with Crippen LogP contribution in [-0.2, 0) is 0 Å². The quantitative estimate of drug-likeness (QED) is 0.289. The minimum Gasteiger partial charge on any atom is -0.0833 e. The lowest BCUT2D eigenvalue weighted by Crippen LogP contribution is -2.30. The van der Waals surface area contributed by atoms with Crippen LogP contribution in [0.15, 0.2) is 132 Å². The number of halogens is 2. The Hall–Kier alpha value is -3.06. The van der Waals surface area contributed by atoms with Gasteiger partial charge in [0, 0.05) is 11.8 Å². The van der Waals surface area contributed by atoms with Crippen molar-refractivity contribution in [1.82, 2.24) is 0 Å². The predicted molar refractivity (Wildman–Crippen MR) is 137 cm³/mol. The van der Waals surface area contributed by atoms with Gasteiger partial charge in [-0.3, -0.25) is 0 Å². The SMILES string of the molecule is Cl/C(=C1\C(=C(\Cl)c2ccccc2)[C@@H](c2ccccc2)[C@@H]1c1ccccc1)c1ccccc1. The minimum absolute atomic E-state index is 0.124. The molecule has 2 heteroatoms. The number of benzene rings is 4. The minimum atomic E-state index is 0.124. The molecule has 1 aliphatic rings. The molecule has 1 saturated carbocycles. The Morgan fingerprint density at radius 2 is 0.688 bits per heavy atom. The van der Waals surface area contributed by atoms with Crippen LogP contribution in [0.2, 0.25) is 0 Å². The summed E-state index contributed by atoms with van der Waals surface area (Å²) >= 11 is 14.2. The highest BCUT2D eigenvalue weighted by Gasteiger charge is 2.46. The van der Waals surface area contributed by atoms with Gasteiger partial charge in [0.2, 0.25) is 0 Å². The molecular weight excluding hydrogens is 431 g/mol. The lowest BCUT2D eigenvalue weighted by Gasteiger charge is -2.45. The molecule has 0 spiro atoms. The maximum Gasteiger partial charge on any atom is 0.0520 e. The lowest BCUT2D eigenvalue weighted by atomic mass is 9.59. The van der Waals surface area contributed by atoms with Crippen molar-refractivity contribution in [3.8, 4) is 0 Å². The zero-order chi connectivity index (χ0) is 21.9. The van der Waals surface area contributed by atoms with E-state index in [0.717, 1.165) is 32.3 Å². The van der Waals surface area contributed by atoms with Crippen LogP contribution in [0.3, 0.4) is 0 Å². The molecule has 0 aromatic heterocycles. The van der Waals surface area contributed by atoms with Crippen molar-refractivity contribution in [3.63, 3.8) is 0 Å². The second kappa shape index (κ2) is 9.20. The van der Waals surface area contributed by atoms with Crippen LogP contribution in [0, 0.1) is 0 Å². The molecule has 156 valence electrons. The van der Waals surface area contributed by atoms with Gasteiger partial charge < -0.3 is 0 Å². The number of hydrogen-bond donors (Lipinski definition) is 0. The maximum atomic E-state index is 7.12. The smallest absolute Gasteiger partial charge is 0.0520 e. The highest BCUT2D eigenvalue weighted by molar-refractivity contribution is 6.52. The molecule has 0 saturated heterocycles. The van der Waals surface area contributed by atoms with Gasteiger partial charge in [-0.25, -0.2) is 0 Å². The van der Waals surface area contributed by atoms with Crippen LogP contribution in [0.4, 0.5) is 0 Å². The first kappa shape index (κ1) is 20.8. The van der Waals surface area contributed by atoms with Gasteiger partial charge in [0.15, 0.2) is 0 Å². The van der Waals surface area contributed by atoms with Crippen molar-refractivity contribution >= 4 is 33.3 Å². The van der Waals surface area contributed by atoms with Gasteiger partial charge in [0.05, 0.1) is 10.1 Å². The van der Waals surface area contributed by atoms with Crippen LogP contribution >= 0.6 is 23.2 Å². The van der Waals surface area contributed by atoms with Crippen LogP contribution in [0.1, 0.15) is 34.1 Å². The molecule has 0 heterocycles. The molecular formula is C30H22Cl2. The average molecular weight is 453 g/mol. The summed E-state index contributed by atoms with van der Waals surface area (Å²) < 4.78 is 0. The highest BCUT2D eigenvalue weighted by atomic mass is 35.5. The van der Waals surface area contributed by atoms with E-state index >= 15 is 0 Å². The normalized spacial score (nSPS) is 20.9. The third kappa shape index (κ3) is 3.81. The Kier molecular flexibility index (Phi) is 5.99. The third-order valence-corrected chi connectivity index (χ3v) is 6.93. The van der Waals surface area contributed by atoms with Crippen molar-refractivity contribution in [2.45, 2.75) is 11.8 Å². The van der Waals surface area contributed by atoms with Gasteiger partial charge in [-0.2, -0.15) is 0 Å². The fraction of sp³-hybridized carbons (Fsp3) is 0.0667. The van der Waals surface area contributed by atoms with Crippen LogP contribution in [0.25, 0.3) is 10.1 Å². The molecule has 32 heavy (non-hydrogen) atoms. The maximum absolute atomic E-state index is 7.12. The number of allylic oxidation sites excluding steroid dienone is 2. The van der Waals surface area contributed by atoms with E-state index in [1.807, 2.05) is 36.4 Å². The summed E-state index contributed by atoms with van der Waals surface area (Å²) in [6.07, 6.45) is 0. The molecule has 0 nitrogen and oxygen atoms in total. The van der Waals surface area contributed by atoms with Crippen molar-refractivity contribution in [1.29, 1.82) is 0 Å². The lowest BCUT2D eigenvalue weighted by molar-refractivity contribution is 0.594. The van der Waals surface area contributed by atoms with Crippen LogP contribution in [0.5, 0.6) is 0 Å².